The molecule has 220 valence electrons. The van der Waals surface area contributed by atoms with E-state index < -0.39 is 11.9 Å². The van der Waals surface area contributed by atoms with Crippen molar-refractivity contribution in [2.75, 3.05) is 5.32 Å². The number of allylic oxidation sites excluding steroid dienone is 1. The van der Waals surface area contributed by atoms with Crippen molar-refractivity contribution in [2.45, 2.75) is 19.6 Å². The number of carbonyl (C=O) groups is 1. The smallest absolute Gasteiger partial charge is 0.271 e. The first-order valence-electron chi connectivity index (χ1n) is 13.6. The average Bonchev–Trinajstić information content (AvgIpc) is 3.31. The lowest BCUT2D eigenvalue weighted by Gasteiger charge is -2.25. The molecule has 1 atom stereocenters. The number of amides is 1. The minimum Gasteiger partial charge on any atom is -0.487 e. The first-order chi connectivity index (χ1) is 21.3. The van der Waals surface area contributed by atoms with Crippen LogP contribution in [0.1, 0.15) is 29.7 Å². The van der Waals surface area contributed by atoms with Crippen LogP contribution in [0.2, 0.25) is 0 Å². The van der Waals surface area contributed by atoms with Gasteiger partial charge < -0.3 is 10.1 Å². The molecule has 1 aliphatic heterocycles. The molecule has 0 saturated heterocycles. The summed E-state index contributed by atoms with van der Waals surface area (Å²) in [4.78, 5) is 32.8. The standard InChI is InChI=1S/C34H24FI2N3O3S/c1-20-29(32(41)39-25-10-6-3-7-11-25)30(23-12-14-24(35)15-13-23)40-33(42)28(44-34(40)38-20)18-22-16-26(36)31(27(37)17-22)43-19-21-8-4-2-5-9-21/h2-18,30H,19H2,1H3,(H,39,41). The van der Waals surface area contributed by atoms with Crippen molar-refractivity contribution in [1.82, 2.24) is 4.57 Å². The molecule has 6 rings (SSSR count). The fourth-order valence-electron chi connectivity index (χ4n) is 4.97. The Morgan fingerprint density at radius 3 is 2.30 bits per heavy atom. The second-order valence-corrected chi connectivity index (χ2v) is 13.4. The van der Waals surface area contributed by atoms with Crippen molar-refractivity contribution in [3.63, 3.8) is 0 Å². The molecular formula is C34H24FI2N3O3S. The fraction of sp³-hybridized carbons (Fsp3) is 0.0882. The second kappa shape index (κ2) is 13.2. The van der Waals surface area contributed by atoms with Gasteiger partial charge in [-0.2, -0.15) is 0 Å². The van der Waals surface area contributed by atoms with Crippen LogP contribution in [0.3, 0.4) is 0 Å². The van der Waals surface area contributed by atoms with Crippen molar-refractivity contribution >= 4 is 74.2 Å². The summed E-state index contributed by atoms with van der Waals surface area (Å²) < 4.78 is 23.9. The number of para-hydroxylation sites is 1. The van der Waals surface area contributed by atoms with Gasteiger partial charge in [-0.15, -0.1) is 0 Å². The number of aromatic nitrogens is 1. The molecular weight excluding hydrogens is 803 g/mol. The Bertz CT molecular complexity index is 2050. The Hall–Kier alpha value is -3.62. The van der Waals surface area contributed by atoms with Gasteiger partial charge in [-0.1, -0.05) is 72.0 Å². The van der Waals surface area contributed by atoms with E-state index in [1.165, 1.54) is 28.0 Å². The average molecular weight is 827 g/mol. The third-order valence-electron chi connectivity index (χ3n) is 7.03. The van der Waals surface area contributed by atoms with E-state index in [2.05, 4.69) is 50.5 Å². The minimum absolute atomic E-state index is 0.282. The number of rotatable bonds is 7. The van der Waals surface area contributed by atoms with Crippen LogP contribution < -0.4 is 24.9 Å². The number of ether oxygens (including phenoxy) is 1. The Morgan fingerprint density at radius 1 is 1.00 bits per heavy atom. The van der Waals surface area contributed by atoms with E-state index in [0.29, 0.717) is 38.5 Å². The van der Waals surface area contributed by atoms with Gasteiger partial charge in [-0.3, -0.25) is 14.2 Å². The number of anilines is 1. The molecule has 1 N–H and O–H groups in total. The first-order valence-corrected chi connectivity index (χ1v) is 16.6. The number of halogens is 3. The summed E-state index contributed by atoms with van der Waals surface area (Å²) in [6.45, 7) is 2.21. The highest BCUT2D eigenvalue weighted by molar-refractivity contribution is 14.1. The molecule has 0 aliphatic carbocycles. The number of hydrogen-bond acceptors (Lipinski definition) is 5. The lowest BCUT2D eigenvalue weighted by Crippen LogP contribution is -2.40. The van der Waals surface area contributed by atoms with Gasteiger partial charge in [-0.25, -0.2) is 9.38 Å². The molecule has 4 aromatic carbocycles. The third-order valence-corrected chi connectivity index (χ3v) is 9.61. The summed E-state index contributed by atoms with van der Waals surface area (Å²) in [5.41, 5.74) is 3.67. The number of benzene rings is 4. The largest absolute Gasteiger partial charge is 0.487 e. The summed E-state index contributed by atoms with van der Waals surface area (Å²) in [7, 11) is 0. The molecule has 2 heterocycles. The highest BCUT2D eigenvalue weighted by atomic mass is 127. The van der Waals surface area contributed by atoms with Crippen LogP contribution in [0, 0.1) is 13.0 Å². The maximum Gasteiger partial charge on any atom is 0.271 e. The number of carbonyl (C=O) groups excluding carboxylic acids is 1. The number of fused-ring (bicyclic) bond motifs is 1. The molecule has 44 heavy (non-hydrogen) atoms. The highest BCUT2D eigenvalue weighted by Gasteiger charge is 2.32. The van der Waals surface area contributed by atoms with Gasteiger partial charge >= 0.3 is 0 Å². The SMILES string of the molecule is CC1=C(C(=O)Nc2ccccc2)C(c2ccc(F)cc2)n2c(sc(=Cc3cc(I)c(OCc4ccccc4)c(I)c3)c2=O)=N1. The minimum atomic E-state index is -0.785. The van der Waals surface area contributed by atoms with E-state index >= 15 is 0 Å². The summed E-state index contributed by atoms with van der Waals surface area (Å²) in [5, 5.41) is 2.92. The highest BCUT2D eigenvalue weighted by Crippen LogP contribution is 2.32. The predicted octanol–water partition coefficient (Wildman–Crippen LogP) is 6.80. The van der Waals surface area contributed by atoms with Crippen LogP contribution in [0.5, 0.6) is 5.75 Å². The number of nitrogens with one attached hydrogen (secondary N) is 1. The van der Waals surface area contributed by atoms with Crippen molar-refractivity contribution in [1.29, 1.82) is 0 Å². The van der Waals surface area contributed by atoms with Crippen LogP contribution in [0.4, 0.5) is 10.1 Å². The summed E-state index contributed by atoms with van der Waals surface area (Å²) in [6, 6.07) is 28.1. The number of thiazole rings is 1. The summed E-state index contributed by atoms with van der Waals surface area (Å²) in [5.74, 6) is 0.00321. The zero-order valence-corrected chi connectivity index (χ0v) is 28.4. The maximum absolute atomic E-state index is 14.0. The molecule has 0 spiro atoms. The van der Waals surface area contributed by atoms with Gasteiger partial charge in [0.1, 0.15) is 18.2 Å². The second-order valence-electron chi connectivity index (χ2n) is 10.0. The lowest BCUT2D eigenvalue weighted by molar-refractivity contribution is -0.113. The Balaban J connectivity index is 1.40. The molecule has 0 bridgehead atoms. The topological polar surface area (TPSA) is 72.7 Å². The van der Waals surface area contributed by atoms with E-state index in [0.717, 1.165) is 24.0 Å². The van der Waals surface area contributed by atoms with Crippen molar-refractivity contribution < 1.29 is 13.9 Å². The van der Waals surface area contributed by atoms with Gasteiger partial charge in [0.25, 0.3) is 11.5 Å². The Kier molecular flexibility index (Phi) is 9.10. The fourth-order valence-corrected chi connectivity index (χ4v) is 8.15. The van der Waals surface area contributed by atoms with Crippen LogP contribution >= 0.6 is 56.5 Å². The van der Waals surface area contributed by atoms with E-state index in [1.54, 1.807) is 31.2 Å². The third kappa shape index (κ3) is 6.42. The summed E-state index contributed by atoms with van der Waals surface area (Å²) in [6.07, 6.45) is 1.83. The molecule has 1 amide bonds. The van der Waals surface area contributed by atoms with Crippen LogP contribution in [-0.2, 0) is 11.4 Å². The zero-order chi connectivity index (χ0) is 30.8. The normalized spacial score (nSPS) is 14.6. The van der Waals surface area contributed by atoms with Gasteiger partial charge in [-0.05, 0) is 111 Å². The van der Waals surface area contributed by atoms with Crippen LogP contribution in [-0.4, -0.2) is 10.5 Å². The lowest BCUT2D eigenvalue weighted by atomic mass is 9.95. The van der Waals surface area contributed by atoms with Crippen molar-refractivity contribution in [3.05, 3.63) is 158 Å². The Labute approximate surface area is 283 Å². The van der Waals surface area contributed by atoms with Crippen molar-refractivity contribution in [3.8, 4) is 5.75 Å². The first kappa shape index (κ1) is 30.4. The van der Waals surface area contributed by atoms with Gasteiger partial charge in [0.05, 0.1) is 29.0 Å². The molecule has 1 aromatic heterocycles. The molecule has 10 heteroatoms. The number of nitrogens with zero attached hydrogens (tertiary/aromatic N) is 2. The van der Waals surface area contributed by atoms with Crippen LogP contribution in [0.25, 0.3) is 6.08 Å². The maximum atomic E-state index is 14.0. The van der Waals surface area contributed by atoms with E-state index in [4.69, 9.17) is 9.73 Å². The molecule has 0 saturated carbocycles. The molecule has 1 aliphatic rings. The molecule has 0 fully saturated rings. The predicted molar refractivity (Wildman–Crippen MR) is 188 cm³/mol. The molecule has 6 nitrogen and oxygen atoms in total. The Morgan fingerprint density at radius 2 is 1.64 bits per heavy atom. The molecule has 5 aromatic rings. The number of hydrogen-bond donors (Lipinski definition) is 1. The van der Waals surface area contributed by atoms with E-state index in [-0.39, 0.29) is 11.5 Å². The van der Waals surface area contributed by atoms with Crippen molar-refractivity contribution in [2.24, 2.45) is 4.99 Å². The monoisotopic (exact) mass is 827 g/mol. The van der Waals surface area contributed by atoms with Gasteiger partial charge in [0.2, 0.25) is 0 Å². The zero-order valence-electron chi connectivity index (χ0n) is 23.3. The van der Waals surface area contributed by atoms with E-state index in [9.17, 15) is 14.0 Å². The quantitative estimate of drug-likeness (QED) is 0.184. The van der Waals surface area contributed by atoms with E-state index in [1.807, 2.05) is 66.7 Å². The molecule has 1 unspecified atom stereocenters. The van der Waals surface area contributed by atoms with Gasteiger partial charge in [0, 0.05) is 5.69 Å². The molecule has 0 radical (unpaired) electrons. The van der Waals surface area contributed by atoms with Gasteiger partial charge in [0.15, 0.2) is 4.80 Å². The summed E-state index contributed by atoms with van der Waals surface area (Å²) >= 11 is 5.75. The van der Waals surface area contributed by atoms with Crippen LogP contribution in [0.15, 0.2) is 118 Å².